The third-order valence-electron chi connectivity index (χ3n) is 5.70. The van der Waals surface area contributed by atoms with E-state index in [1.165, 1.54) is 64.8 Å². The molecule has 0 spiro atoms. The molecular formula is C16H31N3. The van der Waals surface area contributed by atoms with Gasteiger partial charge in [0, 0.05) is 37.8 Å². The summed E-state index contributed by atoms with van der Waals surface area (Å²) in [6, 6.07) is 2.37. The Hall–Kier alpha value is -0.120. The van der Waals surface area contributed by atoms with Crippen molar-refractivity contribution in [2.45, 2.75) is 64.1 Å². The zero-order chi connectivity index (χ0) is 13.2. The molecule has 1 N–H and O–H groups in total. The summed E-state index contributed by atoms with van der Waals surface area (Å²) in [7, 11) is 0. The van der Waals surface area contributed by atoms with Gasteiger partial charge in [-0.15, -0.1) is 0 Å². The summed E-state index contributed by atoms with van der Waals surface area (Å²) in [6.45, 7) is 11.3. The van der Waals surface area contributed by atoms with Crippen molar-refractivity contribution in [1.82, 2.24) is 15.1 Å². The molecule has 0 amide bonds. The lowest BCUT2D eigenvalue weighted by molar-refractivity contribution is -0.0316. The second kappa shape index (κ2) is 6.11. The Morgan fingerprint density at radius 2 is 1.89 bits per heavy atom. The number of nitrogens with zero attached hydrogens (tertiary/aromatic N) is 2. The van der Waals surface area contributed by atoms with E-state index in [-0.39, 0.29) is 0 Å². The first-order valence-electron chi connectivity index (χ1n) is 8.53. The molecule has 19 heavy (non-hydrogen) atoms. The Morgan fingerprint density at radius 1 is 1.11 bits per heavy atom. The normalized spacial score (nSPS) is 43.6. The summed E-state index contributed by atoms with van der Waals surface area (Å²) in [5.41, 5.74) is 0. The zero-order valence-corrected chi connectivity index (χ0v) is 12.8. The van der Waals surface area contributed by atoms with Gasteiger partial charge in [-0.3, -0.25) is 4.90 Å². The van der Waals surface area contributed by atoms with Gasteiger partial charge in [0.05, 0.1) is 0 Å². The number of fused-ring (bicyclic) bond motifs is 3. The van der Waals surface area contributed by atoms with Gasteiger partial charge in [-0.25, -0.2) is 0 Å². The largest absolute Gasteiger partial charge is 0.311 e. The highest BCUT2D eigenvalue weighted by Gasteiger charge is 2.41. The van der Waals surface area contributed by atoms with Crippen molar-refractivity contribution in [3.63, 3.8) is 0 Å². The van der Waals surface area contributed by atoms with Gasteiger partial charge >= 0.3 is 0 Å². The first-order valence-corrected chi connectivity index (χ1v) is 8.53. The van der Waals surface area contributed by atoms with Gasteiger partial charge in [-0.05, 0) is 44.7 Å². The van der Waals surface area contributed by atoms with Gasteiger partial charge in [0.15, 0.2) is 0 Å². The number of nitrogens with one attached hydrogen (secondary N) is 1. The van der Waals surface area contributed by atoms with E-state index in [1.54, 1.807) is 0 Å². The second-order valence-corrected chi connectivity index (χ2v) is 6.86. The SMILES string of the molecule is CCCC1CN(C2CN3CCC2CC3)C(CC)CN1. The predicted molar refractivity (Wildman–Crippen MR) is 80.4 cm³/mol. The van der Waals surface area contributed by atoms with E-state index in [0.717, 1.165) is 24.0 Å². The summed E-state index contributed by atoms with van der Waals surface area (Å²) in [5, 5.41) is 3.78. The van der Waals surface area contributed by atoms with Crippen LogP contribution in [-0.4, -0.2) is 60.6 Å². The Labute approximate surface area is 118 Å². The van der Waals surface area contributed by atoms with Crippen LogP contribution in [0, 0.1) is 5.92 Å². The smallest absolute Gasteiger partial charge is 0.0256 e. The fourth-order valence-corrected chi connectivity index (χ4v) is 4.52. The maximum atomic E-state index is 3.78. The molecule has 110 valence electrons. The van der Waals surface area contributed by atoms with Crippen LogP contribution < -0.4 is 5.32 Å². The van der Waals surface area contributed by atoms with E-state index in [1.807, 2.05) is 0 Å². The molecule has 4 aliphatic rings. The summed E-state index contributed by atoms with van der Waals surface area (Å²) in [6.07, 6.45) is 6.85. The number of piperidine rings is 3. The highest BCUT2D eigenvalue weighted by atomic mass is 15.3. The van der Waals surface area contributed by atoms with Crippen molar-refractivity contribution in [3.05, 3.63) is 0 Å². The van der Waals surface area contributed by atoms with Crippen LogP contribution in [0.5, 0.6) is 0 Å². The Bertz CT molecular complexity index is 286. The quantitative estimate of drug-likeness (QED) is 0.838. The number of rotatable bonds is 4. The standard InChI is InChI=1S/C16H31N3/c1-3-5-14-11-19(15(4-2)10-17-14)16-12-18-8-6-13(16)7-9-18/h13-17H,3-12H2,1-2H3. The molecule has 3 nitrogen and oxygen atoms in total. The van der Waals surface area contributed by atoms with Gasteiger partial charge in [0.1, 0.15) is 0 Å². The minimum absolute atomic E-state index is 0.739. The predicted octanol–water partition coefficient (Wildman–Crippen LogP) is 1.93. The molecule has 0 saturated carbocycles. The fraction of sp³-hybridized carbons (Fsp3) is 1.00. The highest BCUT2D eigenvalue weighted by molar-refractivity contribution is 4.97. The number of piperazine rings is 1. The zero-order valence-electron chi connectivity index (χ0n) is 12.8. The molecule has 0 radical (unpaired) electrons. The van der Waals surface area contributed by atoms with Crippen molar-refractivity contribution >= 4 is 0 Å². The molecule has 3 unspecified atom stereocenters. The van der Waals surface area contributed by atoms with E-state index in [9.17, 15) is 0 Å². The third-order valence-corrected chi connectivity index (χ3v) is 5.70. The molecule has 4 saturated heterocycles. The Morgan fingerprint density at radius 3 is 2.47 bits per heavy atom. The topological polar surface area (TPSA) is 18.5 Å². The molecule has 4 heterocycles. The van der Waals surface area contributed by atoms with Crippen molar-refractivity contribution in [3.8, 4) is 0 Å². The lowest BCUT2D eigenvalue weighted by Gasteiger charge is -2.53. The first kappa shape index (κ1) is 13.8. The van der Waals surface area contributed by atoms with Crippen molar-refractivity contribution in [1.29, 1.82) is 0 Å². The van der Waals surface area contributed by atoms with Crippen LogP contribution in [0.2, 0.25) is 0 Å². The van der Waals surface area contributed by atoms with Gasteiger partial charge in [-0.1, -0.05) is 20.3 Å². The number of hydrogen-bond donors (Lipinski definition) is 1. The molecule has 3 heteroatoms. The third kappa shape index (κ3) is 2.84. The summed E-state index contributed by atoms with van der Waals surface area (Å²) in [5.74, 6) is 0.986. The summed E-state index contributed by atoms with van der Waals surface area (Å²) in [4.78, 5) is 5.60. The van der Waals surface area contributed by atoms with Crippen LogP contribution in [0.3, 0.4) is 0 Å². The molecule has 0 aromatic carbocycles. The maximum absolute atomic E-state index is 3.78. The van der Waals surface area contributed by atoms with E-state index >= 15 is 0 Å². The minimum Gasteiger partial charge on any atom is -0.311 e. The molecule has 4 rings (SSSR count). The maximum Gasteiger partial charge on any atom is 0.0256 e. The van der Waals surface area contributed by atoms with E-state index in [4.69, 9.17) is 0 Å². The molecule has 2 bridgehead atoms. The monoisotopic (exact) mass is 265 g/mol. The molecule has 0 aliphatic carbocycles. The van der Waals surface area contributed by atoms with Gasteiger partial charge in [0.2, 0.25) is 0 Å². The Kier molecular flexibility index (Phi) is 4.45. The molecule has 0 aromatic rings. The number of hydrogen-bond acceptors (Lipinski definition) is 3. The van der Waals surface area contributed by atoms with Crippen LogP contribution in [0.15, 0.2) is 0 Å². The van der Waals surface area contributed by atoms with Crippen LogP contribution in [-0.2, 0) is 0 Å². The average molecular weight is 265 g/mol. The summed E-state index contributed by atoms with van der Waals surface area (Å²) >= 11 is 0. The Balaban J connectivity index is 1.68. The first-order chi connectivity index (χ1) is 9.31. The van der Waals surface area contributed by atoms with Crippen LogP contribution in [0.1, 0.15) is 46.0 Å². The highest BCUT2D eigenvalue weighted by Crippen LogP contribution is 2.33. The molecule has 0 aromatic heterocycles. The van der Waals surface area contributed by atoms with Crippen LogP contribution in [0.4, 0.5) is 0 Å². The lowest BCUT2D eigenvalue weighted by Crippen LogP contribution is -2.65. The van der Waals surface area contributed by atoms with Gasteiger partial charge in [0.25, 0.3) is 0 Å². The van der Waals surface area contributed by atoms with E-state index < -0.39 is 0 Å². The average Bonchev–Trinajstić information content (AvgIpc) is 2.48. The summed E-state index contributed by atoms with van der Waals surface area (Å²) < 4.78 is 0. The molecule has 3 atom stereocenters. The van der Waals surface area contributed by atoms with Crippen molar-refractivity contribution in [2.75, 3.05) is 32.7 Å². The van der Waals surface area contributed by atoms with Crippen LogP contribution in [0.25, 0.3) is 0 Å². The lowest BCUT2D eigenvalue weighted by atomic mass is 9.81. The van der Waals surface area contributed by atoms with Crippen LogP contribution >= 0.6 is 0 Å². The van der Waals surface area contributed by atoms with Crippen molar-refractivity contribution < 1.29 is 0 Å². The fourth-order valence-electron chi connectivity index (χ4n) is 4.52. The van der Waals surface area contributed by atoms with Gasteiger partial charge < -0.3 is 10.2 Å². The second-order valence-electron chi connectivity index (χ2n) is 6.86. The van der Waals surface area contributed by atoms with Gasteiger partial charge in [-0.2, -0.15) is 0 Å². The van der Waals surface area contributed by atoms with E-state index in [2.05, 4.69) is 29.0 Å². The van der Waals surface area contributed by atoms with Crippen molar-refractivity contribution in [2.24, 2.45) is 5.92 Å². The van der Waals surface area contributed by atoms with E-state index in [0.29, 0.717) is 0 Å². The molecule has 4 aliphatic heterocycles. The minimum atomic E-state index is 0.739. The molecule has 4 fully saturated rings. The molecular weight excluding hydrogens is 234 g/mol.